The summed E-state index contributed by atoms with van der Waals surface area (Å²) in [5.74, 6) is 0.704. The summed E-state index contributed by atoms with van der Waals surface area (Å²) >= 11 is 0. The lowest BCUT2D eigenvalue weighted by Gasteiger charge is -2.49. The van der Waals surface area contributed by atoms with Gasteiger partial charge in [0.25, 0.3) is 0 Å². The van der Waals surface area contributed by atoms with Crippen LogP contribution in [-0.2, 0) is 0 Å². The molecule has 0 radical (unpaired) electrons. The Morgan fingerprint density at radius 3 is 2.75 bits per heavy atom. The molecule has 2 saturated heterocycles. The molecule has 2 heteroatoms. The van der Waals surface area contributed by atoms with Crippen LogP contribution < -0.4 is 5.32 Å². The Morgan fingerprint density at radius 1 is 1.25 bits per heavy atom. The zero-order chi connectivity index (χ0) is 14.0. The number of aryl methyl sites for hydroxylation is 1. The van der Waals surface area contributed by atoms with Gasteiger partial charge in [0.05, 0.1) is 0 Å². The SMILES string of the molecule is CCN1CCC2(CCNCC2c2cccc(C)c2)CC1. The maximum atomic E-state index is 3.64. The van der Waals surface area contributed by atoms with E-state index in [2.05, 4.69) is 48.3 Å². The van der Waals surface area contributed by atoms with Crippen molar-refractivity contribution in [2.45, 2.75) is 39.0 Å². The van der Waals surface area contributed by atoms with Crippen molar-refractivity contribution in [1.82, 2.24) is 10.2 Å². The number of benzene rings is 1. The van der Waals surface area contributed by atoms with Gasteiger partial charge in [-0.25, -0.2) is 0 Å². The van der Waals surface area contributed by atoms with Crippen molar-refractivity contribution in [2.75, 3.05) is 32.7 Å². The summed E-state index contributed by atoms with van der Waals surface area (Å²) in [4.78, 5) is 2.61. The fraction of sp³-hybridized carbons (Fsp3) is 0.667. The number of hydrogen-bond acceptors (Lipinski definition) is 2. The van der Waals surface area contributed by atoms with Crippen molar-refractivity contribution >= 4 is 0 Å². The molecule has 0 amide bonds. The molecular formula is C18H28N2. The summed E-state index contributed by atoms with van der Waals surface area (Å²) in [6.45, 7) is 10.7. The number of piperidine rings is 2. The third-order valence-electron chi connectivity index (χ3n) is 5.63. The molecule has 1 atom stereocenters. The van der Waals surface area contributed by atoms with E-state index < -0.39 is 0 Å². The molecule has 1 unspecified atom stereocenters. The van der Waals surface area contributed by atoms with Gasteiger partial charge < -0.3 is 10.2 Å². The average Bonchev–Trinajstić information content (AvgIpc) is 2.48. The topological polar surface area (TPSA) is 15.3 Å². The monoisotopic (exact) mass is 272 g/mol. The highest BCUT2D eigenvalue weighted by atomic mass is 15.1. The molecule has 2 aliphatic heterocycles. The van der Waals surface area contributed by atoms with Gasteiger partial charge in [-0.15, -0.1) is 0 Å². The van der Waals surface area contributed by atoms with Crippen molar-refractivity contribution in [3.05, 3.63) is 35.4 Å². The predicted octanol–water partition coefficient (Wildman–Crippen LogP) is 3.17. The largest absolute Gasteiger partial charge is 0.316 e. The molecule has 1 aromatic rings. The average molecular weight is 272 g/mol. The Labute approximate surface area is 123 Å². The summed E-state index contributed by atoms with van der Waals surface area (Å²) in [6.07, 6.45) is 4.10. The predicted molar refractivity (Wildman–Crippen MR) is 85.2 cm³/mol. The van der Waals surface area contributed by atoms with Gasteiger partial charge in [0.2, 0.25) is 0 Å². The first-order chi connectivity index (χ1) is 9.73. The van der Waals surface area contributed by atoms with Crippen LogP contribution in [0.15, 0.2) is 24.3 Å². The molecule has 0 aromatic heterocycles. The lowest BCUT2D eigenvalue weighted by atomic mass is 9.62. The van der Waals surface area contributed by atoms with Gasteiger partial charge in [-0.2, -0.15) is 0 Å². The first-order valence-electron chi connectivity index (χ1n) is 8.23. The normalized spacial score (nSPS) is 26.8. The van der Waals surface area contributed by atoms with E-state index in [1.165, 1.54) is 51.0 Å². The standard InChI is InChI=1S/C18H28N2/c1-3-20-11-8-18(9-12-20)7-10-19-14-17(18)16-6-4-5-15(2)13-16/h4-6,13,17,19H,3,7-12,14H2,1-2H3. The Hall–Kier alpha value is -0.860. The lowest BCUT2D eigenvalue weighted by molar-refractivity contribution is 0.0563. The van der Waals surface area contributed by atoms with Crippen LogP contribution in [0.1, 0.15) is 43.2 Å². The van der Waals surface area contributed by atoms with Crippen molar-refractivity contribution in [2.24, 2.45) is 5.41 Å². The minimum absolute atomic E-state index is 0.546. The minimum Gasteiger partial charge on any atom is -0.316 e. The van der Waals surface area contributed by atoms with Crippen LogP contribution in [0.2, 0.25) is 0 Å². The first kappa shape index (κ1) is 14.1. The molecule has 2 nitrogen and oxygen atoms in total. The van der Waals surface area contributed by atoms with Crippen LogP contribution in [0, 0.1) is 12.3 Å². The van der Waals surface area contributed by atoms with E-state index in [0.29, 0.717) is 11.3 Å². The number of rotatable bonds is 2. The van der Waals surface area contributed by atoms with Crippen LogP contribution in [0.3, 0.4) is 0 Å². The molecular weight excluding hydrogens is 244 g/mol. The van der Waals surface area contributed by atoms with Crippen LogP contribution in [0.5, 0.6) is 0 Å². The van der Waals surface area contributed by atoms with E-state index in [-0.39, 0.29) is 0 Å². The Bertz CT molecular complexity index is 446. The molecule has 2 fully saturated rings. The van der Waals surface area contributed by atoms with Gasteiger partial charge in [0.15, 0.2) is 0 Å². The molecule has 0 aliphatic carbocycles. The third kappa shape index (κ3) is 2.64. The number of likely N-dealkylation sites (tertiary alicyclic amines) is 1. The summed E-state index contributed by atoms with van der Waals surface area (Å²) in [5, 5.41) is 3.64. The Morgan fingerprint density at radius 2 is 2.05 bits per heavy atom. The fourth-order valence-corrected chi connectivity index (χ4v) is 4.25. The van der Waals surface area contributed by atoms with Gasteiger partial charge in [0.1, 0.15) is 0 Å². The fourth-order valence-electron chi connectivity index (χ4n) is 4.25. The van der Waals surface area contributed by atoms with Crippen molar-refractivity contribution in [1.29, 1.82) is 0 Å². The zero-order valence-corrected chi connectivity index (χ0v) is 13.0. The second-order valence-corrected chi connectivity index (χ2v) is 6.72. The van der Waals surface area contributed by atoms with Crippen molar-refractivity contribution in [3.63, 3.8) is 0 Å². The second-order valence-electron chi connectivity index (χ2n) is 6.72. The molecule has 2 aliphatic rings. The summed E-state index contributed by atoms with van der Waals surface area (Å²) in [5.41, 5.74) is 3.50. The Kier molecular flexibility index (Phi) is 4.13. The molecule has 20 heavy (non-hydrogen) atoms. The minimum atomic E-state index is 0.546. The van der Waals surface area contributed by atoms with Crippen molar-refractivity contribution < 1.29 is 0 Å². The number of hydrogen-bond donors (Lipinski definition) is 1. The van der Waals surface area contributed by atoms with E-state index in [4.69, 9.17) is 0 Å². The second kappa shape index (κ2) is 5.87. The first-order valence-corrected chi connectivity index (χ1v) is 8.23. The van der Waals surface area contributed by atoms with Gasteiger partial charge in [-0.3, -0.25) is 0 Å². The quantitative estimate of drug-likeness (QED) is 0.889. The molecule has 3 rings (SSSR count). The lowest BCUT2D eigenvalue weighted by Crippen LogP contribution is -2.50. The number of nitrogens with zero attached hydrogens (tertiary/aromatic N) is 1. The van der Waals surface area contributed by atoms with Crippen LogP contribution in [0.25, 0.3) is 0 Å². The molecule has 110 valence electrons. The highest BCUT2D eigenvalue weighted by Gasteiger charge is 2.43. The third-order valence-corrected chi connectivity index (χ3v) is 5.63. The van der Waals surface area contributed by atoms with E-state index in [9.17, 15) is 0 Å². The zero-order valence-electron chi connectivity index (χ0n) is 13.0. The highest BCUT2D eigenvalue weighted by Crippen LogP contribution is 2.48. The van der Waals surface area contributed by atoms with E-state index in [1.807, 2.05) is 0 Å². The molecule has 0 bridgehead atoms. The maximum absolute atomic E-state index is 3.64. The summed E-state index contributed by atoms with van der Waals surface area (Å²) < 4.78 is 0. The molecule has 1 spiro atoms. The number of nitrogens with one attached hydrogen (secondary N) is 1. The van der Waals surface area contributed by atoms with Gasteiger partial charge in [0, 0.05) is 12.5 Å². The van der Waals surface area contributed by atoms with Gasteiger partial charge >= 0.3 is 0 Å². The van der Waals surface area contributed by atoms with Crippen LogP contribution in [0.4, 0.5) is 0 Å². The molecule has 2 heterocycles. The van der Waals surface area contributed by atoms with E-state index in [0.717, 1.165) is 6.54 Å². The highest BCUT2D eigenvalue weighted by molar-refractivity contribution is 5.28. The molecule has 1 N–H and O–H groups in total. The van der Waals surface area contributed by atoms with Crippen LogP contribution in [-0.4, -0.2) is 37.6 Å². The Balaban J connectivity index is 1.84. The van der Waals surface area contributed by atoms with E-state index >= 15 is 0 Å². The maximum Gasteiger partial charge on any atom is 0.00255 e. The smallest absolute Gasteiger partial charge is 0.00255 e. The van der Waals surface area contributed by atoms with Crippen molar-refractivity contribution in [3.8, 4) is 0 Å². The summed E-state index contributed by atoms with van der Waals surface area (Å²) in [6, 6.07) is 9.20. The van der Waals surface area contributed by atoms with Gasteiger partial charge in [-0.05, 0) is 63.3 Å². The molecule has 0 saturated carbocycles. The van der Waals surface area contributed by atoms with E-state index in [1.54, 1.807) is 5.56 Å². The van der Waals surface area contributed by atoms with Crippen LogP contribution >= 0.6 is 0 Å². The summed E-state index contributed by atoms with van der Waals surface area (Å²) in [7, 11) is 0. The van der Waals surface area contributed by atoms with Gasteiger partial charge in [-0.1, -0.05) is 36.8 Å². The molecule has 1 aromatic carbocycles.